The first-order chi connectivity index (χ1) is 12.3. The highest BCUT2D eigenvalue weighted by Gasteiger charge is 2.17. The van der Waals surface area contributed by atoms with Crippen LogP contribution in [0.5, 0.6) is 17.2 Å². The summed E-state index contributed by atoms with van der Waals surface area (Å²) in [6.45, 7) is 3.87. The van der Waals surface area contributed by atoms with E-state index in [2.05, 4.69) is 37.3 Å². The molecule has 2 aromatic rings. The number of hydrogen-bond acceptors (Lipinski definition) is 4. The topological polar surface area (TPSA) is 53.7 Å². The molecule has 0 spiro atoms. The summed E-state index contributed by atoms with van der Waals surface area (Å²) in [5.74, 6) is 2.81. The zero-order valence-electron chi connectivity index (χ0n) is 14.9. The number of ether oxygens (including phenoxy) is 3. The van der Waals surface area contributed by atoms with Gasteiger partial charge in [-0.1, -0.05) is 38.0 Å². The van der Waals surface area contributed by atoms with Gasteiger partial charge in [-0.25, -0.2) is 0 Å². The lowest BCUT2D eigenvalue weighted by Crippen LogP contribution is -2.15. The molecule has 134 valence electrons. The molecule has 0 aromatic heterocycles. The molecule has 0 saturated heterocycles. The average molecular weight is 341 g/mol. The summed E-state index contributed by atoms with van der Waals surface area (Å²) in [5.41, 5.74) is 8.47. The second-order valence-electron chi connectivity index (χ2n) is 6.45. The lowest BCUT2D eigenvalue weighted by molar-refractivity contribution is 0.174. The van der Waals surface area contributed by atoms with Crippen molar-refractivity contribution in [2.24, 2.45) is 5.73 Å². The molecule has 0 fully saturated rings. The molecule has 0 amide bonds. The van der Waals surface area contributed by atoms with Crippen molar-refractivity contribution >= 4 is 0 Å². The zero-order chi connectivity index (χ0) is 17.5. The molecule has 0 aliphatic carbocycles. The summed E-state index contributed by atoms with van der Waals surface area (Å²) >= 11 is 0. The van der Waals surface area contributed by atoms with Crippen molar-refractivity contribution in [1.29, 1.82) is 0 Å². The van der Waals surface area contributed by atoms with Crippen LogP contribution in [-0.2, 0) is 6.42 Å². The van der Waals surface area contributed by atoms with Gasteiger partial charge in [-0.15, -0.1) is 0 Å². The second-order valence-corrected chi connectivity index (χ2v) is 6.45. The van der Waals surface area contributed by atoms with Crippen molar-refractivity contribution < 1.29 is 14.2 Å². The van der Waals surface area contributed by atoms with Crippen LogP contribution in [0.25, 0.3) is 0 Å². The fraction of sp³-hybridized carbons (Fsp3) is 0.429. The predicted molar refractivity (Wildman–Crippen MR) is 99.5 cm³/mol. The Bertz CT molecular complexity index is 669. The predicted octanol–water partition coefficient (Wildman–Crippen LogP) is 4.27. The van der Waals surface area contributed by atoms with E-state index in [-0.39, 0.29) is 5.92 Å². The lowest BCUT2D eigenvalue weighted by Gasteiger charge is -2.16. The summed E-state index contributed by atoms with van der Waals surface area (Å²) in [6.07, 6.45) is 4.43. The normalized spacial score (nSPS) is 13.7. The SMILES string of the molecule is CCCCCOc1ccc(CC(CN)c2ccc3c(c2)OCO3)cc1. The first-order valence-corrected chi connectivity index (χ1v) is 9.11. The van der Waals surface area contributed by atoms with Crippen molar-refractivity contribution in [3.63, 3.8) is 0 Å². The summed E-state index contributed by atoms with van der Waals surface area (Å²) in [5, 5.41) is 0. The van der Waals surface area contributed by atoms with E-state index in [1.165, 1.54) is 24.0 Å². The van der Waals surface area contributed by atoms with Crippen LogP contribution < -0.4 is 19.9 Å². The summed E-state index contributed by atoms with van der Waals surface area (Å²) < 4.78 is 16.6. The van der Waals surface area contributed by atoms with Crippen LogP contribution in [0.4, 0.5) is 0 Å². The van der Waals surface area contributed by atoms with Crippen LogP contribution in [0.1, 0.15) is 43.2 Å². The molecule has 1 unspecified atom stereocenters. The Kier molecular flexibility index (Phi) is 6.18. The number of hydrogen-bond donors (Lipinski definition) is 1. The standard InChI is InChI=1S/C21H27NO3/c1-2-3-4-11-23-19-8-5-16(6-9-19)12-18(14-22)17-7-10-20-21(13-17)25-15-24-20/h5-10,13,18H,2-4,11-12,14-15,22H2,1H3. The van der Waals surface area contributed by atoms with E-state index in [1.54, 1.807) is 0 Å². The van der Waals surface area contributed by atoms with Gasteiger partial charge in [0.15, 0.2) is 11.5 Å². The highest BCUT2D eigenvalue weighted by molar-refractivity contribution is 5.45. The highest BCUT2D eigenvalue weighted by atomic mass is 16.7. The fourth-order valence-electron chi connectivity index (χ4n) is 3.05. The van der Waals surface area contributed by atoms with Gasteiger partial charge in [0.1, 0.15) is 5.75 Å². The lowest BCUT2D eigenvalue weighted by atomic mass is 9.92. The zero-order valence-corrected chi connectivity index (χ0v) is 14.9. The van der Waals surface area contributed by atoms with Gasteiger partial charge >= 0.3 is 0 Å². The minimum absolute atomic E-state index is 0.255. The molecule has 1 aliphatic heterocycles. The molecule has 0 radical (unpaired) electrons. The minimum atomic E-state index is 0.255. The molecule has 1 heterocycles. The maximum Gasteiger partial charge on any atom is 0.231 e. The van der Waals surface area contributed by atoms with Crippen LogP contribution in [0.15, 0.2) is 42.5 Å². The third-order valence-corrected chi connectivity index (χ3v) is 4.57. The summed E-state index contributed by atoms with van der Waals surface area (Å²) in [7, 11) is 0. The monoisotopic (exact) mass is 341 g/mol. The largest absolute Gasteiger partial charge is 0.494 e. The van der Waals surface area contributed by atoms with Crippen molar-refractivity contribution in [2.75, 3.05) is 19.9 Å². The Morgan fingerprint density at radius 1 is 1.04 bits per heavy atom. The van der Waals surface area contributed by atoms with Crippen molar-refractivity contribution in [1.82, 2.24) is 0 Å². The van der Waals surface area contributed by atoms with Crippen LogP contribution >= 0.6 is 0 Å². The second kappa shape index (κ2) is 8.77. The van der Waals surface area contributed by atoms with Gasteiger partial charge in [-0.3, -0.25) is 0 Å². The molecule has 0 saturated carbocycles. The molecule has 0 bridgehead atoms. The van der Waals surface area contributed by atoms with Crippen molar-refractivity contribution in [3.8, 4) is 17.2 Å². The summed E-state index contributed by atoms with van der Waals surface area (Å²) in [6, 6.07) is 14.5. The Morgan fingerprint density at radius 2 is 1.84 bits per heavy atom. The Labute approximate surface area is 149 Å². The van der Waals surface area contributed by atoms with Crippen LogP contribution in [0, 0.1) is 0 Å². The maximum atomic E-state index is 6.03. The van der Waals surface area contributed by atoms with Gasteiger partial charge in [0.05, 0.1) is 6.61 Å². The van der Waals surface area contributed by atoms with E-state index < -0.39 is 0 Å². The Balaban J connectivity index is 1.60. The molecule has 4 heteroatoms. The third-order valence-electron chi connectivity index (χ3n) is 4.57. The number of fused-ring (bicyclic) bond motifs is 1. The van der Waals surface area contributed by atoms with Gasteiger partial charge < -0.3 is 19.9 Å². The van der Waals surface area contributed by atoms with Crippen molar-refractivity contribution in [3.05, 3.63) is 53.6 Å². The number of rotatable bonds is 9. The van der Waals surface area contributed by atoms with E-state index in [0.717, 1.165) is 36.7 Å². The summed E-state index contributed by atoms with van der Waals surface area (Å²) in [4.78, 5) is 0. The van der Waals surface area contributed by atoms with E-state index in [0.29, 0.717) is 13.3 Å². The Morgan fingerprint density at radius 3 is 2.60 bits per heavy atom. The van der Waals surface area contributed by atoms with Gasteiger partial charge in [-0.05, 0) is 54.8 Å². The van der Waals surface area contributed by atoms with Crippen LogP contribution in [0.3, 0.4) is 0 Å². The quantitative estimate of drug-likeness (QED) is 0.692. The maximum absolute atomic E-state index is 6.03. The highest BCUT2D eigenvalue weighted by Crippen LogP contribution is 2.35. The first-order valence-electron chi connectivity index (χ1n) is 9.11. The molecule has 2 aromatic carbocycles. The minimum Gasteiger partial charge on any atom is -0.494 e. The number of nitrogens with two attached hydrogens (primary N) is 1. The molecule has 1 aliphatic rings. The Hall–Kier alpha value is -2.20. The van der Waals surface area contributed by atoms with Gasteiger partial charge in [0.2, 0.25) is 6.79 Å². The van der Waals surface area contributed by atoms with E-state index in [1.807, 2.05) is 12.1 Å². The first kappa shape index (κ1) is 17.6. The molecule has 4 nitrogen and oxygen atoms in total. The van der Waals surface area contributed by atoms with Crippen molar-refractivity contribution in [2.45, 2.75) is 38.5 Å². The van der Waals surface area contributed by atoms with Crippen LogP contribution in [0.2, 0.25) is 0 Å². The number of benzene rings is 2. The third kappa shape index (κ3) is 4.67. The van der Waals surface area contributed by atoms with Crippen LogP contribution in [-0.4, -0.2) is 19.9 Å². The average Bonchev–Trinajstić information content (AvgIpc) is 3.12. The smallest absolute Gasteiger partial charge is 0.231 e. The van der Waals surface area contributed by atoms with Gasteiger partial charge in [-0.2, -0.15) is 0 Å². The number of unbranched alkanes of at least 4 members (excludes halogenated alkanes) is 2. The molecule has 1 atom stereocenters. The van der Waals surface area contributed by atoms with E-state index in [9.17, 15) is 0 Å². The molecular formula is C21H27NO3. The molecular weight excluding hydrogens is 314 g/mol. The molecule has 25 heavy (non-hydrogen) atoms. The van der Waals surface area contributed by atoms with Gasteiger partial charge in [0.25, 0.3) is 0 Å². The van der Waals surface area contributed by atoms with Gasteiger partial charge in [0, 0.05) is 5.92 Å². The molecule has 3 rings (SSSR count). The molecule has 2 N–H and O–H groups in total. The van der Waals surface area contributed by atoms with E-state index >= 15 is 0 Å². The fourth-order valence-corrected chi connectivity index (χ4v) is 3.05. The van der Waals surface area contributed by atoms with E-state index in [4.69, 9.17) is 19.9 Å².